The number of likely N-dealkylation sites (tertiary alicyclic amines) is 1. The van der Waals surface area contributed by atoms with Crippen molar-refractivity contribution in [3.63, 3.8) is 0 Å². The molecule has 25 heavy (non-hydrogen) atoms. The molecule has 3 rings (SSSR count). The molecule has 1 N–H and O–H groups in total. The van der Waals surface area contributed by atoms with Crippen LogP contribution in [-0.2, 0) is 22.7 Å². The number of nitrogens with zero attached hydrogens (tertiary/aromatic N) is 4. The van der Waals surface area contributed by atoms with Gasteiger partial charge in [-0.3, -0.25) is 19.3 Å². The van der Waals surface area contributed by atoms with Gasteiger partial charge in [-0.15, -0.1) is 0 Å². The van der Waals surface area contributed by atoms with E-state index in [2.05, 4.69) is 15.4 Å². The van der Waals surface area contributed by atoms with E-state index in [0.29, 0.717) is 6.54 Å². The van der Waals surface area contributed by atoms with Crippen molar-refractivity contribution in [3.8, 4) is 0 Å². The summed E-state index contributed by atoms with van der Waals surface area (Å²) in [7, 11) is 0. The zero-order valence-electron chi connectivity index (χ0n) is 14.6. The van der Waals surface area contributed by atoms with Crippen molar-refractivity contribution < 1.29 is 9.59 Å². The van der Waals surface area contributed by atoms with Gasteiger partial charge in [0, 0.05) is 19.7 Å². The van der Waals surface area contributed by atoms with Crippen LogP contribution in [0.4, 0.5) is 0 Å². The molecule has 2 aromatic rings. The second-order valence-corrected chi connectivity index (χ2v) is 6.42. The molecular formula is C18H23N5O2. The van der Waals surface area contributed by atoms with Crippen molar-refractivity contribution in [1.29, 1.82) is 0 Å². The zero-order chi connectivity index (χ0) is 17.8. The maximum absolute atomic E-state index is 12.7. The number of aryl methyl sites for hydroxylation is 1. The van der Waals surface area contributed by atoms with Crippen LogP contribution in [0.25, 0.3) is 0 Å². The predicted octanol–water partition coefficient (Wildman–Crippen LogP) is 1.59. The lowest BCUT2D eigenvalue weighted by atomic mass is 10.1. The van der Waals surface area contributed by atoms with Crippen molar-refractivity contribution >= 4 is 11.8 Å². The summed E-state index contributed by atoms with van der Waals surface area (Å²) in [5, 5.41) is 6.95. The molecule has 2 aromatic heterocycles. The van der Waals surface area contributed by atoms with Crippen molar-refractivity contribution in [2.24, 2.45) is 0 Å². The molecule has 0 aromatic carbocycles. The molecule has 7 nitrogen and oxygen atoms in total. The first-order valence-corrected chi connectivity index (χ1v) is 8.52. The number of pyridine rings is 1. The zero-order valence-corrected chi connectivity index (χ0v) is 14.6. The SMILES string of the molecule is CC(=O)NCc1cccc(C2CCCN2C(=O)Cn2cc(C)cn2)n1. The van der Waals surface area contributed by atoms with Gasteiger partial charge >= 0.3 is 0 Å². The Balaban J connectivity index is 1.71. The molecule has 132 valence electrons. The Kier molecular flexibility index (Phi) is 5.11. The molecule has 2 amide bonds. The molecule has 1 saturated heterocycles. The monoisotopic (exact) mass is 341 g/mol. The first-order valence-electron chi connectivity index (χ1n) is 8.52. The lowest BCUT2D eigenvalue weighted by Crippen LogP contribution is -2.34. The fourth-order valence-corrected chi connectivity index (χ4v) is 3.15. The van der Waals surface area contributed by atoms with Gasteiger partial charge < -0.3 is 10.2 Å². The molecule has 0 bridgehead atoms. The number of amides is 2. The third-order valence-corrected chi connectivity index (χ3v) is 4.32. The van der Waals surface area contributed by atoms with Crippen LogP contribution in [0.5, 0.6) is 0 Å². The Morgan fingerprint density at radius 2 is 2.20 bits per heavy atom. The van der Waals surface area contributed by atoms with Crippen molar-refractivity contribution in [2.75, 3.05) is 6.54 Å². The van der Waals surface area contributed by atoms with Crippen LogP contribution in [0.3, 0.4) is 0 Å². The summed E-state index contributed by atoms with van der Waals surface area (Å²) in [5.74, 6) is -0.0287. The van der Waals surface area contributed by atoms with E-state index in [0.717, 1.165) is 36.3 Å². The first kappa shape index (κ1) is 17.1. The average molecular weight is 341 g/mol. The maximum atomic E-state index is 12.7. The molecule has 1 unspecified atom stereocenters. The van der Waals surface area contributed by atoms with Crippen LogP contribution in [-0.4, -0.2) is 38.0 Å². The fourth-order valence-electron chi connectivity index (χ4n) is 3.15. The van der Waals surface area contributed by atoms with E-state index < -0.39 is 0 Å². The third-order valence-electron chi connectivity index (χ3n) is 4.32. The van der Waals surface area contributed by atoms with E-state index in [1.807, 2.05) is 36.2 Å². The number of nitrogens with one attached hydrogen (secondary N) is 1. The minimum absolute atomic E-state index is 0.0126. The van der Waals surface area contributed by atoms with Crippen molar-refractivity contribution in [3.05, 3.63) is 47.5 Å². The fraction of sp³-hybridized carbons (Fsp3) is 0.444. The summed E-state index contributed by atoms with van der Waals surface area (Å²) in [6, 6.07) is 5.75. The maximum Gasteiger partial charge on any atom is 0.244 e. The Labute approximate surface area is 147 Å². The van der Waals surface area contributed by atoms with Crippen LogP contribution in [0.2, 0.25) is 0 Å². The largest absolute Gasteiger partial charge is 0.351 e. The van der Waals surface area contributed by atoms with Crippen LogP contribution < -0.4 is 5.32 Å². The Bertz CT molecular complexity index is 770. The standard InChI is InChI=1S/C18H23N5O2/c1-13-9-20-22(11-13)12-18(25)23-8-4-7-17(23)16-6-3-5-15(21-16)10-19-14(2)24/h3,5-6,9,11,17H,4,7-8,10,12H2,1-2H3,(H,19,24). The smallest absolute Gasteiger partial charge is 0.244 e. The Morgan fingerprint density at radius 1 is 1.36 bits per heavy atom. The number of hydrogen-bond acceptors (Lipinski definition) is 4. The summed E-state index contributed by atoms with van der Waals surface area (Å²) >= 11 is 0. The number of carbonyl (C=O) groups is 2. The summed E-state index contributed by atoms with van der Waals surface area (Å²) < 4.78 is 1.67. The van der Waals surface area contributed by atoms with Gasteiger partial charge in [-0.2, -0.15) is 5.10 Å². The first-order chi connectivity index (χ1) is 12.0. The molecule has 0 radical (unpaired) electrons. The van der Waals surface area contributed by atoms with Gasteiger partial charge in [0.2, 0.25) is 11.8 Å². The van der Waals surface area contributed by atoms with E-state index in [1.54, 1.807) is 10.9 Å². The van der Waals surface area contributed by atoms with E-state index in [4.69, 9.17) is 0 Å². The highest BCUT2D eigenvalue weighted by molar-refractivity contribution is 5.76. The highest BCUT2D eigenvalue weighted by Gasteiger charge is 2.31. The molecular weight excluding hydrogens is 318 g/mol. The number of carbonyl (C=O) groups excluding carboxylic acids is 2. The number of hydrogen-bond donors (Lipinski definition) is 1. The minimum Gasteiger partial charge on any atom is -0.351 e. The van der Waals surface area contributed by atoms with E-state index >= 15 is 0 Å². The normalized spacial score (nSPS) is 16.9. The molecule has 1 atom stereocenters. The van der Waals surface area contributed by atoms with Gasteiger partial charge in [-0.25, -0.2) is 0 Å². The summed E-state index contributed by atoms with van der Waals surface area (Å²) in [6.45, 7) is 4.82. The predicted molar refractivity (Wildman–Crippen MR) is 92.4 cm³/mol. The van der Waals surface area contributed by atoms with E-state index in [-0.39, 0.29) is 24.4 Å². The second-order valence-electron chi connectivity index (χ2n) is 6.42. The molecule has 1 aliphatic heterocycles. The van der Waals surface area contributed by atoms with Crippen molar-refractivity contribution in [1.82, 2.24) is 25.0 Å². The lowest BCUT2D eigenvalue weighted by molar-refractivity contribution is -0.133. The van der Waals surface area contributed by atoms with Gasteiger partial charge in [0.05, 0.1) is 30.2 Å². The molecule has 0 spiro atoms. The molecule has 7 heteroatoms. The summed E-state index contributed by atoms with van der Waals surface area (Å²) in [4.78, 5) is 30.3. The molecule has 0 aliphatic carbocycles. The third kappa shape index (κ3) is 4.23. The van der Waals surface area contributed by atoms with Gasteiger partial charge in [0.25, 0.3) is 0 Å². The Morgan fingerprint density at radius 3 is 2.92 bits per heavy atom. The highest BCUT2D eigenvalue weighted by atomic mass is 16.2. The van der Waals surface area contributed by atoms with E-state index in [1.165, 1.54) is 6.92 Å². The lowest BCUT2D eigenvalue weighted by Gasteiger charge is -2.24. The van der Waals surface area contributed by atoms with Crippen LogP contribution >= 0.6 is 0 Å². The van der Waals surface area contributed by atoms with Crippen molar-refractivity contribution in [2.45, 2.75) is 45.8 Å². The average Bonchev–Trinajstić information content (AvgIpc) is 3.22. The molecule has 0 saturated carbocycles. The summed E-state index contributed by atoms with van der Waals surface area (Å²) in [6.07, 6.45) is 5.49. The van der Waals surface area contributed by atoms with E-state index in [9.17, 15) is 9.59 Å². The van der Waals surface area contributed by atoms with Gasteiger partial charge in [0.15, 0.2) is 0 Å². The molecule has 1 aliphatic rings. The number of rotatable bonds is 5. The van der Waals surface area contributed by atoms with Crippen LogP contribution in [0, 0.1) is 6.92 Å². The summed E-state index contributed by atoms with van der Waals surface area (Å²) in [5.41, 5.74) is 2.72. The second kappa shape index (κ2) is 7.46. The topological polar surface area (TPSA) is 80.1 Å². The van der Waals surface area contributed by atoms with Crippen LogP contribution in [0.1, 0.15) is 42.8 Å². The quantitative estimate of drug-likeness (QED) is 0.895. The Hall–Kier alpha value is -2.70. The molecule has 3 heterocycles. The highest BCUT2D eigenvalue weighted by Crippen LogP contribution is 2.31. The number of aromatic nitrogens is 3. The van der Waals surface area contributed by atoms with Gasteiger partial charge in [-0.1, -0.05) is 6.07 Å². The van der Waals surface area contributed by atoms with Crippen LogP contribution in [0.15, 0.2) is 30.6 Å². The molecule has 1 fully saturated rings. The van der Waals surface area contributed by atoms with Gasteiger partial charge in [-0.05, 0) is 37.5 Å². The minimum atomic E-state index is -0.0839. The van der Waals surface area contributed by atoms with Gasteiger partial charge in [0.1, 0.15) is 6.54 Å².